The van der Waals surface area contributed by atoms with Gasteiger partial charge < -0.3 is 19.4 Å². The molecule has 89 heavy (non-hydrogen) atoms. The first kappa shape index (κ1) is 84.9. The molecule has 10 heteroatoms. The van der Waals surface area contributed by atoms with Crippen LogP contribution in [0.15, 0.2) is 146 Å². The fourth-order valence-corrected chi connectivity index (χ4v) is 10.5. The lowest BCUT2D eigenvalue weighted by molar-refractivity contribution is -0.870. The Hall–Kier alpha value is -4.11. The Labute approximate surface area is 548 Å². The number of hydrogen-bond acceptors (Lipinski definition) is 6. The number of amides is 1. The number of carbonyl (C=O) groups is 2. The van der Waals surface area contributed by atoms with E-state index < -0.39 is 20.0 Å². The molecule has 0 spiro atoms. The molecule has 0 saturated heterocycles. The Morgan fingerprint density at radius 1 is 0.404 bits per heavy atom. The summed E-state index contributed by atoms with van der Waals surface area (Å²) >= 11 is 0. The number of carbonyl (C=O) groups excluding carboxylic acids is 2. The van der Waals surface area contributed by atoms with Gasteiger partial charge in [0.1, 0.15) is 19.3 Å². The van der Waals surface area contributed by atoms with Gasteiger partial charge in [0.25, 0.3) is 0 Å². The molecule has 3 unspecified atom stereocenters. The number of likely N-dealkylation sites (N-methyl/N-ethyl adjacent to an activating group) is 1. The maximum Gasteiger partial charge on any atom is 0.472 e. The molecular formula is C79H136N2O7P+. The Balaban J connectivity index is 5.16. The van der Waals surface area contributed by atoms with E-state index >= 15 is 0 Å². The molecule has 0 heterocycles. The summed E-state index contributed by atoms with van der Waals surface area (Å²) in [4.78, 5) is 38.0. The first-order chi connectivity index (χ1) is 43.4. The predicted octanol–water partition coefficient (Wildman–Crippen LogP) is 23.3. The van der Waals surface area contributed by atoms with Gasteiger partial charge in [-0.1, -0.05) is 295 Å². The number of hydrogen-bond donors (Lipinski definition) is 2. The standard InChI is InChI=1S/C79H135N2O7P/c1-7-10-13-16-19-22-25-28-30-32-34-36-38-39-40-41-43-45-47-49-51-54-57-60-63-66-69-72-79(83)88-77(70-67-64-61-58-55-52-27-24-21-18-15-12-9-3)76(75-87-89(84,85)86-74-73-81(4,5)6)80-78(82)71-68-65-62-59-56-53-50-48-46-44-42-37-35-33-31-29-26-23-20-17-14-11-8-2/h10-11,13-14,19-20,22-23,28-31,34-37,39-40,44,46,50,53,67,70,76-77H,7-9,12,15-18,21,24-27,32-33,38,41-43,45,47-49,51-52,54-66,68-69,71-75H2,1-6H3,(H-,80,82,84,85)/p+1/b13-10-,14-11-,22-19-,23-20-,30-28-,31-29-,36-34-,37-35-,40-39-,46-44-,53-50-,70-67+. The van der Waals surface area contributed by atoms with Gasteiger partial charge in [-0.25, -0.2) is 4.57 Å². The van der Waals surface area contributed by atoms with Crippen LogP contribution in [0.2, 0.25) is 0 Å². The van der Waals surface area contributed by atoms with Crippen molar-refractivity contribution < 1.29 is 37.3 Å². The number of ether oxygens (including phenoxy) is 1. The molecule has 0 aromatic heterocycles. The molecule has 0 bridgehead atoms. The SMILES string of the molecule is CC/C=C\C/C=C\C/C=C\C/C=C\C/C=C\C/C=C\CCCCCCC(=O)NC(COP(=O)(O)OCC[N+](C)(C)C)C(/C=C/CCCCCCCCCCCCC)OC(=O)CCCCCCCCCCCCC/C=C\C/C=C\C/C=C\C/C=C\C/C=C\CC. The van der Waals surface area contributed by atoms with Gasteiger partial charge >= 0.3 is 13.8 Å². The van der Waals surface area contributed by atoms with Crippen molar-refractivity contribution in [1.82, 2.24) is 5.32 Å². The van der Waals surface area contributed by atoms with Crippen molar-refractivity contribution in [3.05, 3.63) is 146 Å². The highest BCUT2D eigenvalue weighted by atomic mass is 31.2. The third kappa shape index (κ3) is 68.1. The second-order valence-electron chi connectivity index (χ2n) is 25.0. The van der Waals surface area contributed by atoms with Gasteiger partial charge in [-0.3, -0.25) is 18.6 Å². The molecule has 0 aliphatic carbocycles. The van der Waals surface area contributed by atoms with E-state index in [1.807, 2.05) is 33.3 Å². The number of nitrogens with zero attached hydrogens (tertiary/aromatic N) is 1. The summed E-state index contributed by atoms with van der Waals surface area (Å²) in [7, 11) is 1.46. The molecule has 0 aromatic rings. The molecule has 9 nitrogen and oxygen atoms in total. The number of rotatable bonds is 64. The van der Waals surface area contributed by atoms with Crippen molar-refractivity contribution >= 4 is 19.7 Å². The third-order valence-corrected chi connectivity index (χ3v) is 16.3. The summed E-state index contributed by atoms with van der Waals surface area (Å²) in [6.07, 6.45) is 97.1. The topological polar surface area (TPSA) is 111 Å². The van der Waals surface area contributed by atoms with Crippen molar-refractivity contribution in [2.45, 2.75) is 303 Å². The van der Waals surface area contributed by atoms with Crippen molar-refractivity contribution in [2.24, 2.45) is 0 Å². The van der Waals surface area contributed by atoms with E-state index in [-0.39, 0.29) is 31.5 Å². The highest BCUT2D eigenvalue weighted by Gasteiger charge is 2.30. The number of unbranched alkanes of at least 4 members (excludes halogenated alkanes) is 26. The molecule has 1 amide bonds. The van der Waals surface area contributed by atoms with Crippen molar-refractivity contribution in [3.8, 4) is 0 Å². The third-order valence-electron chi connectivity index (χ3n) is 15.3. The number of phosphoric acid groups is 1. The molecule has 0 radical (unpaired) electrons. The summed E-state index contributed by atoms with van der Waals surface area (Å²) in [6.45, 7) is 6.77. The van der Waals surface area contributed by atoms with Gasteiger partial charge in [0.2, 0.25) is 5.91 Å². The molecule has 0 rings (SSSR count). The summed E-state index contributed by atoms with van der Waals surface area (Å²) in [5.41, 5.74) is 0. The molecule has 3 atom stereocenters. The lowest BCUT2D eigenvalue weighted by Gasteiger charge is -2.27. The van der Waals surface area contributed by atoms with Gasteiger partial charge in [0.15, 0.2) is 0 Å². The summed E-state index contributed by atoms with van der Waals surface area (Å²) in [6, 6.07) is -0.875. The highest BCUT2D eigenvalue weighted by Crippen LogP contribution is 2.43. The smallest absolute Gasteiger partial charge is 0.456 e. The minimum atomic E-state index is -4.48. The molecule has 0 aromatic carbocycles. The lowest BCUT2D eigenvalue weighted by Crippen LogP contribution is -2.47. The van der Waals surface area contributed by atoms with Crippen molar-refractivity contribution in [1.29, 1.82) is 0 Å². The van der Waals surface area contributed by atoms with E-state index in [0.717, 1.165) is 148 Å². The normalized spacial score (nSPS) is 14.4. The van der Waals surface area contributed by atoms with E-state index in [4.69, 9.17) is 13.8 Å². The maximum atomic E-state index is 13.6. The minimum Gasteiger partial charge on any atom is -0.456 e. The lowest BCUT2D eigenvalue weighted by atomic mass is 10.0. The van der Waals surface area contributed by atoms with E-state index in [1.54, 1.807) is 0 Å². The molecule has 0 fully saturated rings. The van der Waals surface area contributed by atoms with Crippen LogP contribution in [0.1, 0.15) is 290 Å². The van der Waals surface area contributed by atoms with Crippen LogP contribution in [0.3, 0.4) is 0 Å². The van der Waals surface area contributed by atoms with E-state index in [0.29, 0.717) is 23.9 Å². The zero-order valence-electron chi connectivity index (χ0n) is 58.1. The molecular weight excluding hydrogens is 1120 g/mol. The van der Waals surface area contributed by atoms with Gasteiger partial charge in [0, 0.05) is 12.8 Å². The van der Waals surface area contributed by atoms with Gasteiger partial charge in [-0.2, -0.15) is 0 Å². The van der Waals surface area contributed by atoms with Crippen LogP contribution in [0, 0.1) is 0 Å². The van der Waals surface area contributed by atoms with Crippen LogP contribution in [-0.2, 0) is 27.9 Å². The van der Waals surface area contributed by atoms with Crippen LogP contribution in [0.4, 0.5) is 0 Å². The van der Waals surface area contributed by atoms with Crippen LogP contribution >= 0.6 is 7.82 Å². The maximum absolute atomic E-state index is 13.6. The van der Waals surface area contributed by atoms with Gasteiger partial charge in [-0.05, 0) is 128 Å². The van der Waals surface area contributed by atoms with Gasteiger partial charge in [0.05, 0.1) is 33.8 Å². The minimum absolute atomic E-state index is 0.0269. The van der Waals surface area contributed by atoms with Crippen LogP contribution in [-0.4, -0.2) is 74.3 Å². The number of allylic oxidation sites excluding steroid dienone is 23. The number of phosphoric ester groups is 1. The first-order valence-corrected chi connectivity index (χ1v) is 37.7. The van der Waals surface area contributed by atoms with E-state index in [1.165, 1.54) is 103 Å². The summed E-state index contributed by atoms with van der Waals surface area (Å²) < 4.78 is 30.8. The van der Waals surface area contributed by atoms with Crippen LogP contribution in [0.5, 0.6) is 0 Å². The van der Waals surface area contributed by atoms with E-state index in [2.05, 4.69) is 160 Å². The van der Waals surface area contributed by atoms with Crippen LogP contribution < -0.4 is 5.32 Å². The second kappa shape index (κ2) is 66.8. The average Bonchev–Trinajstić information content (AvgIpc) is 3.64. The van der Waals surface area contributed by atoms with Crippen LogP contribution in [0.25, 0.3) is 0 Å². The monoisotopic (exact) mass is 1260 g/mol. The largest absolute Gasteiger partial charge is 0.472 e. The van der Waals surface area contributed by atoms with E-state index in [9.17, 15) is 19.0 Å². The number of nitrogens with one attached hydrogen (secondary N) is 1. The fraction of sp³-hybridized carbons (Fsp3) is 0.671. The molecule has 2 N–H and O–H groups in total. The molecule has 0 saturated carbocycles. The molecule has 508 valence electrons. The zero-order valence-corrected chi connectivity index (χ0v) is 59.0. The predicted molar refractivity (Wildman–Crippen MR) is 387 cm³/mol. The summed E-state index contributed by atoms with van der Waals surface area (Å²) in [5.74, 6) is -0.542. The van der Waals surface area contributed by atoms with Crippen molar-refractivity contribution in [3.63, 3.8) is 0 Å². The van der Waals surface area contributed by atoms with Gasteiger partial charge in [-0.15, -0.1) is 0 Å². The highest BCUT2D eigenvalue weighted by molar-refractivity contribution is 7.47. The van der Waals surface area contributed by atoms with Crippen molar-refractivity contribution in [2.75, 3.05) is 40.9 Å². The zero-order chi connectivity index (χ0) is 64.9. The molecule has 0 aliphatic rings. The average molecular weight is 1260 g/mol. The Kier molecular flexibility index (Phi) is 63.7. The molecule has 0 aliphatic heterocycles. The quantitative estimate of drug-likeness (QED) is 0.0205. The Morgan fingerprint density at radius 3 is 1.08 bits per heavy atom. The Morgan fingerprint density at radius 2 is 0.719 bits per heavy atom. The fourth-order valence-electron chi connectivity index (χ4n) is 9.79. The number of quaternary nitrogens is 1. The number of esters is 1. The summed E-state index contributed by atoms with van der Waals surface area (Å²) in [5, 5.41) is 3.06. The first-order valence-electron chi connectivity index (χ1n) is 36.2. The Bertz CT molecular complexity index is 2030. The second-order valence-corrected chi connectivity index (χ2v) is 26.4.